The van der Waals surface area contributed by atoms with E-state index in [2.05, 4.69) is 88.8 Å². The number of carbonyl (C=O) groups is 1. The minimum absolute atomic E-state index is 0.0557. The summed E-state index contributed by atoms with van der Waals surface area (Å²) in [5.74, 6) is 8.46. The molecule has 8 saturated carbocycles. The number of hydrogen-bond acceptors (Lipinski definition) is 2. The van der Waals surface area contributed by atoms with E-state index in [1.54, 1.807) is 5.57 Å². The molecular weight excluding hydrogens is 717 g/mol. The Bertz CT molecular complexity index is 1670. The van der Waals surface area contributed by atoms with Crippen LogP contribution in [0.2, 0.25) is 0 Å². The highest BCUT2D eigenvalue weighted by atomic mass is 16.5. The maximum Gasteiger partial charge on any atom is 0.312 e. The molecule has 9 aliphatic carbocycles. The molecule has 17 atom stereocenters. The van der Waals surface area contributed by atoms with Gasteiger partial charge >= 0.3 is 5.97 Å². The number of rotatable bonds is 8. The van der Waals surface area contributed by atoms with Gasteiger partial charge in [-0.3, -0.25) is 4.79 Å². The maximum absolute atomic E-state index is 15.2. The fraction of sp³-hybridized carbons (Fsp3) is 0.912. The average molecular weight is 809 g/mol. The minimum atomic E-state index is -0.323. The summed E-state index contributed by atoms with van der Waals surface area (Å²) in [4.78, 5) is 15.2. The van der Waals surface area contributed by atoms with Crippen LogP contribution in [0.5, 0.6) is 0 Å². The first-order chi connectivity index (χ1) is 27.7. The second-order valence-electron chi connectivity index (χ2n) is 26.7. The van der Waals surface area contributed by atoms with E-state index < -0.39 is 0 Å². The summed E-state index contributed by atoms with van der Waals surface area (Å²) < 4.78 is 7.01. The van der Waals surface area contributed by atoms with Crippen molar-refractivity contribution in [1.29, 1.82) is 0 Å². The van der Waals surface area contributed by atoms with Gasteiger partial charge in [-0.25, -0.2) is 0 Å². The van der Waals surface area contributed by atoms with Gasteiger partial charge in [-0.2, -0.15) is 0 Å². The fourth-order valence-electron chi connectivity index (χ4n) is 20.6. The van der Waals surface area contributed by atoms with Crippen LogP contribution >= 0.6 is 0 Å². The predicted molar refractivity (Wildman–Crippen MR) is 247 cm³/mol. The Morgan fingerprint density at radius 2 is 1.49 bits per heavy atom. The Morgan fingerprint density at radius 1 is 0.729 bits per heavy atom. The van der Waals surface area contributed by atoms with Gasteiger partial charge in [-0.1, -0.05) is 119 Å². The summed E-state index contributed by atoms with van der Waals surface area (Å²) in [5, 5.41) is 0. The monoisotopic (exact) mass is 809 g/mol. The molecular formula is C57H92O2. The summed E-state index contributed by atoms with van der Waals surface area (Å²) in [7, 11) is 0. The van der Waals surface area contributed by atoms with Crippen molar-refractivity contribution < 1.29 is 9.53 Å². The van der Waals surface area contributed by atoms with Crippen LogP contribution in [0.4, 0.5) is 0 Å². The molecule has 332 valence electrons. The van der Waals surface area contributed by atoms with E-state index in [9.17, 15) is 0 Å². The normalized spacial score (nSPS) is 51.4. The van der Waals surface area contributed by atoms with Crippen molar-refractivity contribution in [2.75, 3.05) is 0 Å². The molecule has 0 N–H and O–H groups in total. The van der Waals surface area contributed by atoms with Crippen LogP contribution in [0, 0.1) is 103 Å². The van der Waals surface area contributed by atoms with Crippen molar-refractivity contribution in [2.45, 2.75) is 224 Å². The molecule has 9 rings (SSSR count). The zero-order chi connectivity index (χ0) is 42.1. The molecule has 2 heteroatoms. The maximum atomic E-state index is 15.2. The third kappa shape index (κ3) is 6.24. The molecule has 0 aromatic rings. The van der Waals surface area contributed by atoms with Crippen LogP contribution < -0.4 is 0 Å². The largest absolute Gasteiger partial charge is 0.462 e. The molecule has 8 fully saturated rings. The summed E-state index contributed by atoms with van der Waals surface area (Å²) in [6.07, 6.45) is 31.4. The molecule has 0 saturated heterocycles. The zero-order valence-electron chi connectivity index (χ0n) is 40.6. The average Bonchev–Trinajstić information content (AvgIpc) is 3.74. The first kappa shape index (κ1) is 43.2. The quantitative estimate of drug-likeness (QED) is 0.180. The molecule has 9 aliphatic rings. The Morgan fingerprint density at radius 3 is 2.24 bits per heavy atom. The smallest absolute Gasteiger partial charge is 0.312 e. The first-order valence-electron chi connectivity index (χ1n) is 26.3. The van der Waals surface area contributed by atoms with Gasteiger partial charge in [0.05, 0.1) is 5.41 Å². The van der Waals surface area contributed by atoms with Gasteiger partial charge in [0.15, 0.2) is 0 Å². The summed E-state index contributed by atoms with van der Waals surface area (Å²) in [6, 6.07) is 0. The number of hydrogen-bond donors (Lipinski definition) is 0. The third-order valence-electron chi connectivity index (χ3n) is 23.8. The predicted octanol–water partition coefficient (Wildman–Crippen LogP) is 16.0. The van der Waals surface area contributed by atoms with E-state index in [0.29, 0.717) is 39.4 Å². The van der Waals surface area contributed by atoms with Crippen molar-refractivity contribution in [2.24, 2.45) is 103 Å². The second-order valence-corrected chi connectivity index (χ2v) is 26.7. The van der Waals surface area contributed by atoms with Gasteiger partial charge in [0.2, 0.25) is 0 Å². The number of allylic oxidation sites excluding steroid dienone is 2. The standard InChI is InChI=1S/C57H92O2/c1-36(2)15-13-16-38(5)43-19-20-44-42-18-17-39-35-40(23-29-52(39,8)45(42)25-30-53(43,44)9)59-50(58)57-32-24-41(37(3)4)49(57)46-21-22-48-54(10)28-14-27-51(6,7)47(54)26-31-56(48,12)55(46,11)33-34-57/h17,36,38,40-49H,3,13-16,18-35H2,1-2,4-12H3/t38-,40+,41+,42+,43-,44+,45+,46-,47?,48-,49?,52+,53-,54+,55-,56-,57+/m1/s1. The van der Waals surface area contributed by atoms with E-state index in [4.69, 9.17) is 4.74 Å². The second kappa shape index (κ2) is 14.7. The lowest BCUT2D eigenvalue weighted by atomic mass is 9.32. The van der Waals surface area contributed by atoms with E-state index in [0.717, 1.165) is 79.4 Å². The molecule has 2 nitrogen and oxygen atoms in total. The summed E-state index contributed by atoms with van der Waals surface area (Å²) in [5.41, 5.74) is 5.02. The minimum Gasteiger partial charge on any atom is -0.462 e. The van der Waals surface area contributed by atoms with Crippen LogP contribution in [0.1, 0.15) is 217 Å². The van der Waals surface area contributed by atoms with Crippen LogP contribution in [0.15, 0.2) is 23.8 Å². The topological polar surface area (TPSA) is 26.3 Å². The molecule has 0 radical (unpaired) electrons. The molecule has 0 amide bonds. The van der Waals surface area contributed by atoms with Crippen molar-refractivity contribution in [3.05, 3.63) is 23.8 Å². The van der Waals surface area contributed by atoms with Crippen LogP contribution in [0.25, 0.3) is 0 Å². The molecule has 0 aliphatic heterocycles. The van der Waals surface area contributed by atoms with E-state index in [1.807, 2.05) is 0 Å². The molecule has 2 unspecified atom stereocenters. The van der Waals surface area contributed by atoms with E-state index in [1.165, 1.54) is 115 Å². The molecule has 0 aromatic carbocycles. The van der Waals surface area contributed by atoms with Crippen molar-refractivity contribution in [3.63, 3.8) is 0 Å². The van der Waals surface area contributed by atoms with Crippen molar-refractivity contribution >= 4 is 5.97 Å². The van der Waals surface area contributed by atoms with Crippen molar-refractivity contribution in [1.82, 2.24) is 0 Å². The lowest BCUT2D eigenvalue weighted by Gasteiger charge is -2.72. The van der Waals surface area contributed by atoms with Crippen molar-refractivity contribution in [3.8, 4) is 0 Å². The molecule has 0 heterocycles. The number of esters is 1. The number of fused-ring (bicyclic) bond motifs is 12. The van der Waals surface area contributed by atoms with Gasteiger partial charge < -0.3 is 4.74 Å². The zero-order valence-corrected chi connectivity index (χ0v) is 40.6. The fourth-order valence-corrected chi connectivity index (χ4v) is 20.6. The Hall–Kier alpha value is -1.05. The Balaban J connectivity index is 0.911. The van der Waals surface area contributed by atoms with E-state index in [-0.39, 0.29) is 28.3 Å². The lowest BCUT2D eigenvalue weighted by molar-refractivity contribution is -0.239. The van der Waals surface area contributed by atoms with Gasteiger partial charge in [-0.05, 0) is 214 Å². The number of ether oxygens (including phenoxy) is 1. The third-order valence-corrected chi connectivity index (χ3v) is 23.8. The highest BCUT2D eigenvalue weighted by Crippen LogP contribution is 2.78. The first-order valence-corrected chi connectivity index (χ1v) is 26.3. The lowest BCUT2D eigenvalue weighted by Crippen LogP contribution is -2.66. The van der Waals surface area contributed by atoms with Crippen LogP contribution in [0.3, 0.4) is 0 Å². The number of carbonyl (C=O) groups excluding carboxylic acids is 1. The van der Waals surface area contributed by atoms with Gasteiger partial charge in [0.25, 0.3) is 0 Å². The summed E-state index contributed by atoms with van der Waals surface area (Å²) >= 11 is 0. The molecule has 0 aromatic heterocycles. The highest BCUT2D eigenvalue weighted by molar-refractivity contribution is 5.78. The van der Waals surface area contributed by atoms with E-state index >= 15 is 4.79 Å². The molecule has 0 bridgehead atoms. The molecule has 59 heavy (non-hydrogen) atoms. The van der Waals surface area contributed by atoms with Gasteiger partial charge in [0, 0.05) is 6.42 Å². The Labute approximate surface area is 364 Å². The van der Waals surface area contributed by atoms with Gasteiger partial charge in [0.1, 0.15) is 6.10 Å². The van der Waals surface area contributed by atoms with Gasteiger partial charge in [-0.15, -0.1) is 0 Å². The Kier molecular flexibility index (Phi) is 10.8. The van der Waals surface area contributed by atoms with Crippen LogP contribution in [-0.2, 0) is 9.53 Å². The van der Waals surface area contributed by atoms with Crippen LogP contribution in [-0.4, -0.2) is 12.1 Å². The highest BCUT2D eigenvalue weighted by Gasteiger charge is 2.72. The summed E-state index contributed by atoms with van der Waals surface area (Å²) in [6.45, 7) is 33.2. The molecule has 0 spiro atoms. The SMILES string of the molecule is C=C(C)[C@@H]1CC[C@]2(C(=O)O[C@H]3CC[C@@]4(C)C(=CC[C@H]5[C@@H]6CC[C@H]([C@H](C)CCCC(C)C)[C@@]6(C)CC[C@@H]54)C3)CC[C@]3(C)[C@H](CC[C@@H]4[C@@]5(C)CCCC(C)(C)C5CC[C@]43C)C12.